The Morgan fingerprint density at radius 2 is 2.11 bits per heavy atom. The molecule has 0 radical (unpaired) electrons. The topological polar surface area (TPSA) is 63.3 Å². The Kier molecular flexibility index (Phi) is 3.68. The minimum absolute atomic E-state index is 0.152. The summed E-state index contributed by atoms with van der Waals surface area (Å²) in [7, 11) is 0. The molecule has 1 aliphatic carbocycles. The number of hydrogen-bond acceptors (Lipinski definition) is 2. The summed E-state index contributed by atoms with van der Waals surface area (Å²) in [5.74, 6) is -1.08. The van der Waals surface area contributed by atoms with E-state index in [1.807, 2.05) is 19.1 Å². The van der Waals surface area contributed by atoms with Crippen LogP contribution < -0.4 is 5.73 Å². The number of carboxylic acid groups (broad SMARTS) is 1. The molecule has 0 amide bonds. The summed E-state index contributed by atoms with van der Waals surface area (Å²) in [5, 5.41) is 9.10. The zero-order valence-corrected chi connectivity index (χ0v) is 11.9. The van der Waals surface area contributed by atoms with Crippen molar-refractivity contribution in [3.05, 3.63) is 34.9 Å². The Labute approximate surface area is 114 Å². The molecule has 2 atom stereocenters. The van der Waals surface area contributed by atoms with Crippen molar-refractivity contribution in [2.75, 3.05) is 0 Å². The molecule has 1 aromatic rings. The zero-order valence-electron chi connectivity index (χ0n) is 11.9. The average Bonchev–Trinajstić information content (AvgIpc) is 2.36. The maximum Gasteiger partial charge on any atom is 0.321 e. The average molecular weight is 261 g/mol. The van der Waals surface area contributed by atoms with E-state index in [4.69, 9.17) is 10.8 Å². The van der Waals surface area contributed by atoms with Gasteiger partial charge in [0, 0.05) is 5.92 Å². The molecule has 0 saturated heterocycles. The van der Waals surface area contributed by atoms with Crippen molar-refractivity contribution in [3.63, 3.8) is 0 Å². The second-order valence-electron chi connectivity index (χ2n) is 6.26. The molecule has 2 rings (SSSR count). The molecule has 104 valence electrons. The predicted molar refractivity (Wildman–Crippen MR) is 76.4 cm³/mol. The lowest BCUT2D eigenvalue weighted by molar-refractivity contribution is -0.139. The van der Waals surface area contributed by atoms with E-state index in [1.54, 1.807) is 0 Å². The van der Waals surface area contributed by atoms with Gasteiger partial charge in [-0.3, -0.25) is 4.79 Å². The van der Waals surface area contributed by atoms with Crippen LogP contribution in [-0.2, 0) is 16.6 Å². The van der Waals surface area contributed by atoms with E-state index in [9.17, 15) is 4.79 Å². The Bertz CT molecular complexity index is 494. The summed E-state index contributed by atoms with van der Waals surface area (Å²) < 4.78 is 0. The lowest BCUT2D eigenvalue weighted by atomic mass is 9.70. The van der Waals surface area contributed by atoms with E-state index < -0.39 is 12.0 Å². The normalized spacial score (nSPS) is 20.4. The van der Waals surface area contributed by atoms with Gasteiger partial charge in [-0.2, -0.15) is 0 Å². The van der Waals surface area contributed by atoms with Gasteiger partial charge in [-0.15, -0.1) is 0 Å². The fourth-order valence-electron chi connectivity index (χ4n) is 3.19. The maximum atomic E-state index is 11.1. The molecule has 0 fully saturated rings. The molecule has 1 aromatic carbocycles. The highest BCUT2D eigenvalue weighted by Gasteiger charge is 2.31. The highest BCUT2D eigenvalue weighted by molar-refractivity contribution is 5.74. The first kappa shape index (κ1) is 14.1. The molecule has 3 N–H and O–H groups in total. The van der Waals surface area contributed by atoms with Crippen LogP contribution in [0.3, 0.4) is 0 Å². The molecular formula is C16H23NO2. The van der Waals surface area contributed by atoms with Gasteiger partial charge in [0.25, 0.3) is 0 Å². The summed E-state index contributed by atoms with van der Waals surface area (Å²) in [4.78, 5) is 11.1. The third-order valence-corrected chi connectivity index (χ3v) is 4.48. The first-order valence-corrected chi connectivity index (χ1v) is 6.95. The van der Waals surface area contributed by atoms with Gasteiger partial charge >= 0.3 is 5.97 Å². The van der Waals surface area contributed by atoms with Gasteiger partial charge in [0.15, 0.2) is 0 Å². The summed E-state index contributed by atoms with van der Waals surface area (Å²) in [6.45, 7) is 6.43. The number of hydrogen-bond donors (Lipinski definition) is 2. The molecule has 3 heteroatoms. The number of aliphatic carboxylic acids is 1. The maximum absolute atomic E-state index is 11.1. The van der Waals surface area contributed by atoms with Crippen LogP contribution in [0.25, 0.3) is 0 Å². The summed E-state index contributed by atoms with van der Waals surface area (Å²) >= 11 is 0. The van der Waals surface area contributed by atoms with Gasteiger partial charge in [-0.1, -0.05) is 39.0 Å². The van der Waals surface area contributed by atoms with Gasteiger partial charge in [0.2, 0.25) is 0 Å². The van der Waals surface area contributed by atoms with E-state index in [0.717, 1.165) is 18.4 Å². The number of carboxylic acids is 1. The lowest BCUT2D eigenvalue weighted by Gasteiger charge is -2.35. The number of benzene rings is 1. The van der Waals surface area contributed by atoms with Crippen LogP contribution in [0, 0.1) is 0 Å². The number of carbonyl (C=O) groups is 1. The minimum Gasteiger partial charge on any atom is -0.480 e. The zero-order chi connectivity index (χ0) is 14.2. The molecule has 19 heavy (non-hydrogen) atoms. The van der Waals surface area contributed by atoms with E-state index >= 15 is 0 Å². The molecule has 0 aromatic heterocycles. The monoisotopic (exact) mass is 261 g/mol. The van der Waals surface area contributed by atoms with Crippen molar-refractivity contribution in [1.29, 1.82) is 0 Å². The number of nitrogens with two attached hydrogens (primary N) is 1. The minimum atomic E-state index is -0.930. The second kappa shape index (κ2) is 4.97. The summed E-state index contributed by atoms with van der Waals surface area (Å²) in [6.07, 6.45) is 3.38. The third kappa shape index (κ3) is 2.52. The molecule has 1 aliphatic rings. The van der Waals surface area contributed by atoms with Crippen molar-refractivity contribution in [2.24, 2.45) is 5.73 Å². The second-order valence-corrected chi connectivity index (χ2v) is 6.26. The Morgan fingerprint density at radius 1 is 1.42 bits per heavy atom. The van der Waals surface area contributed by atoms with Crippen LogP contribution in [0.15, 0.2) is 18.2 Å². The van der Waals surface area contributed by atoms with Crippen LogP contribution in [0.1, 0.15) is 56.2 Å². The number of fused-ring (bicyclic) bond motifs is 1. The van der Waals surface area contributed by atoms with Gasteiger partial charge in [-0.05, 0) is 41.4 Å². The van der Waals surface area contributed by atoms with Crippen LogP contribution in [0.2, 0.25) is 0 Å². The highest BCUT2D eigenvalue weighted by atomic mass is 16.4. The smallest absolute Gasteiger partial charge is 0.321 e. The van der Waals surface area contributed by atoms with Gasteiger partial charge in [0.1, 0.15) is 6.04 Å². The van der Waals surface area contributed by atoms with Crippen molar-refractivity contribution in [2.45, 2.75) is 57.4 Å². The quantitative estimate of drug-likeness (QED) is 0.879. The Morgan fingerprint density at radius 3 is 2.74 bits per heavy atom. The molecule has 0 aliphatic heterocycles. The van der Waals surface area contributed by atoms with Crippen molar-refractivity contribution in [3.8, 4) is 0 Å². The van der Waals surface area contributed by atoms with Gasteiger partial charge < -0.3 is 10.8 Å². The van der Waals surface area contributed by atoms with Crippen molar-refractivity contribution >= 4 is 5.97 Å². The van der Waals surface area contributed by atoms with E-state index in [-0.39, 0.29) is 11.3 Å². The van der Waals surface area contributed by atoms with Crippen LogP contribution in [0.4, 0.5) is 0 Å². The highest BCUT2D eigenvalue weighted by Crippen LogP contribution is 2.40. The Hall–Kier alpha value is -1.35. The van der Waals surface area contributed by atoms with Gasteiger partial charge in [0.05, 0.1) is 0 Å². The first-order chi connectivity index (χ1) is 8.84. The molecule has 2 unspecified atom stereocenters. The standard InChI is InChI=1S/C16H23NO2/c1-10(14(17)15(18)19)11-6-4-8-13-12(11)7-5-9-16(13,2)3/h4,6,8,10,14H,5,7,9,17H2,1-3H3,(H,18,19). The molecular weight excluding hydrogens is 238 g/mol. The molecule has 0 spiro atoms. The van der Waals surface area contributed by atoms with E-state index in [0.29, 0.717) is 0 Å². The first-order valence-electron chi connectivity index (χ1n) is 6.95. The van der Waals surface area contributed by atoms with Gasteiger partial charge in [-0.25, -0.2) is 0 Å². The number of rotatable bonds is 3. The van der Waals surface area contributed by atoms with Crippen molar-refractivity contribution in [1.82, 2.24) is 0 Å². The van der Waals surface area contributed by atoms with E-state index in [1.165, 1.54) is 17.5 Å². The lowest BCUT2D eigenvalue weighted by Crippen LogP contribution is -2.36. The summed E-state index contributed by atoms with van der Waals surface area (Å²) in [5.41, 5.74) is 9.77. The van der Waals surface area contributed by atoms with Crippen LogP contribution in [0.5, 0.6) is 0 Å². The van der Waals surface area contributed by atoms with Crippen LogP contribution >= 0.6 is 0 Å². The van der Waals surface area contributed by atoms with Crippen molar-refractivity contribution < 1.29 is 9.90 Å². The van der Waals surface area contributed by atoms with Crippen LogP contribution in [-0.4, -0.2) is 17.1 Å². The largest absolute Gasteiger partial charge is 0.480 e. The molecule has 3 nitrogen and oxygen atoms in total. The molecule has 0 saturated carbocycles. The Balaban J connectivity index is 2.46. The van der Waals surface area contributed by atoms with E-state index in [2.05, 4.69) is 19.9 Å². The fraction of sp³-hybridized carbons (Fsp3) is 0.562. The molecule has 0 bridgehead atoms. The predicted octanol–water partition coefficient (Wildman–Crippen LogP) is 2.82. The SMILES string of the molecule is CC(c1cccc2c1CCCC2(C)C)C(N)C(=O)O. The summed E-state index contributed by atoms with van der Waals surface area (Å²) in [6, 6.07) is 5.41. The third-order valence-electron chi connectivity index (χ3n) is 4.48. The molecule has 0 heterocycles. The fourth-order valence-corrected chi connectivity index (χ4v) is 3.19.